The van der Waals surface area contributed by atoms with Gasteiger partial charge >= 0.3 is 29.8 Å². The van der Waals surface area contributed by atoms with Gasteiger partial charge in [-0.2, -0.15) is 0 Å². The van der Waals surface area contributed by atoms with Crippen molar-refractivity contribution in [1.29, 1.82) is 0 Å². The van der Waals surface area contributed by atoms with Crippen molar-refractivity contribution in [3.05, 3.63) is 46.6 Å². The van der Waals surface area contributed by atoms with Crippen LogP contribution in [0.25, 0.3) is 0 Å². The van der Waals surface area contributed by atoms with Gasteiger partial charge in [0.25, 0.3) is 0 Å². The first kappa shape index (κ1) is 142. The summed E-state index contributed by atoms with van der Waals surface area (Å²) in [7, 11) is 0. The zero-order valence-electron chi connectivity index (χ0n) is 102. The maximum absolute atomic E-state index is 15.1. The van der Waals surface area contributed by atoms with Gasteiger partial charge in [0.05, 0.1) is 6.61 Å². The molecule has 880 valence electrons. The molecule has 0 aliphatic carbocycles. The van der Waals surface area contributed by atoms with Gasteiger partial charge in [-0.05, 0) is 107 Å². The molecule has 2 aliphatic heterocycles. The first-order valence-electron chi connectivity index (χ1n) is 65.4. The van der Waals surface area contributed by atoms with Crippen LogP contribution in [0.5, 0.6) is 0 Å². The Balaban J connectivity index is 2.68. The second-order valence-corrected chi connectivity index (χ2v) is 48.9. The van der Waals surface area contributed by atoms with Crippen LogP contribution in [0.15, 0.2) is 46.6 Å². The lowest BCUT2D eigenvalue weighted by molar-refractivity contribution is -0.377. The van der Waals surface area contributed by atoms with E-state index in [9.17, 15) is 29.7 Å². The Bertz CT molecular complexity index is 3270. The van der Waals surface area contributed by atoms with E-state index in [2.05, 4.69) is 90.0 Å². The minimum Gasteiger partial charge on any atom is -0.459 e. The maximum atomic E-state index is 15.1. The molecular formula is C134H248O16. The van der Waals surface area contributed by atoms with E-state index in [4.69, 9.17) is 37.9 Å². The number of esters is 5. The number of aliphatic hydroxyl groups is 3. The molecular weight excluding hydrogens is 1870 g/mol. The van der Waals surface area contributed by atoms with E-state index >= 15 is 9.59 Å². The predicted molar refractivity (Wildman–Crippen MR) is 633 cm³/mol. The van der Waals surface area contributed by atoms with Gasteiger partial charge in [0, 0.05) is 28.7 Å². The van der Waals surface area contributed by atoms with Crippen molar-refractivity contribution >= 4 is 29.8 Å². The molecule has 0 bridgehead atoms. The summed E-state index contributed by atoms with van der Waals surface area (Å²) in [5.74, 6) is -2.17. The fourth-order valence-electron chi connectivity index (χ4n) is 23.4. The number of ether oxygens (including phenoxy) is 8. The van der Waals surface area contributed by atoms with Crippen LogP contribution in [-0.4, -0.2) is 120 Å². The third kappa shape index (κ3) is 76.7. The average Bonchev–Trinajstić information content (AvgIpc) is 0.768. The van der Waals surface area contributed by atoms with Crippen molar-refractivity contribution in [2.45, 2.75) is 718 Å². The fourth-order valence-corrected chi connectivity index (χ4v) is 23.4. The van der Waals surface area contributed by atoms with E-state index in [1.165, 1.54) is 424 Å². The Hall–Kier alpha value is -3.93. The van der Waals surface area contributed by atoms with Crippen molar-refractivity contribution in [2.24, 2.45) is 47.3 Å². The lowest BCUT2D eigenvalue weighted by atomic mass is 9.91. The van der Waals surface area contributed by atoms with Gasteiger partial charge in [-0.25, -0.2) is 19.2 Å². The van der Waals surface area contributed by atoms with Crippen molar-refractivity contribution in [1.82, 2.24) is 0 Å². The normalized spacial score (nSPS) is 20.1. The summed E-state index contributed by atoms with van der Waals surface area (Å²) in [5, 5.41) is 37.6. The van der Waals surface area contributed by atoms with Crippen molar-refractivity contribution in [3.8, 4) is 0 Å². The highest BCUT2D eigenvalue weighted by atomic mass is 16.8. The molecule has 0 aromatic carbocycles. The standard InChI is InChI=1S/C134H248O16/c1-18-23-28-33-38-43-48-53-57-59-60-62-67-71-75-78-83-88-93-108(6)98-112(10)102-116(14)129(139)143-107-121-123(137)126(148-131(141)118(16)104-114(12)100-110(8)95-90-85-79-73-68-64-55-50-45-40-35-30-25-20-3)128(146-122(136)97-92-87-82-77-72-63-52-47-42-37-32-27-22-5)134(145-121)150-133-127(149-132(142)119(17)105-115(13)101-111(9)96-91-86-80-74-69-65-56-51-46-41-36-31-26-21-4)124(138)125(120(106-135)144-133)147-130(140)117(15)103-113(11)99-109(7)94-89-84-81-76-70-66-61-58-54-49-44-39-34-29-24-19-2/h102-105,108-115,120-121,123-128,133-135,137-138H,18-101,106-107H2,1-17H3/b116-102+,117-103+,118-104+,119-105+/t108-,109-,110-,111-,112-,113-,114-,115-,120?,121?,123+,124?,125+,126?,127-,128+,133+,134+/m0/s1. The highest BCUT2D eigenvalue weighted by molar-refractivity contribution is 5.89. The SMILES string of the molecule is CCCCCCCCCCCCCCCCCCCC[C@H](C)C[C@H](C)/C=C(\C)C(=O)OCC1O[C@H](O[C@H]2OC(CO)[C@@H](OC(=O)/C(C)=C/[C@@H](C)C[C@@H](C)CCCCCCCCCCCCCCCCCC)C(O)[C@@H]2OC(=O)/C(C)=C/[C@@H](C)C[C@@H](C)CCCCCCCCCCCCCCCC)[C@H](OC(=O)CCCCCCCCCCCCCCC)C(OC(=O)/C(C)=C/[C@@H](C)C[C@@H](C)CCCCCCCCCCCCCCCC)[C@@H]1O. The summed E-state index contributed by atoms with van der Waals surface area (Å²) in [4.78, 5) is 74.2. The maximum Gasteiger partial charge on any atom is 0.333 e. The molecule has 0 spiro atoms. The molecule has 16 nitrogen and oxygen atoms in total. The van der Waals surface area contributed by atoms with Crippen molar-refractivity contribution < 1.29 is 77.2 Å². The van der Waals surface area contributed by atoms with Gasteiger partial charge in [-0.1, -0.05) is 615 Å². The van der Waals surface area contributed by atoms with Crippen LogP contribution in [0.2, 0.25) is 0 Å². The van der Waals surface area contributed by atoms with Gasteiger partial charge in [-0.3, -0.25) is 4.79 Å². The quantitative estimate of drug-likeness (QED) is 0.0223. The van der Waals surface area contributed by atoms with Crippen LogP contribution in [0.4, 0.5) is 0 Å². The number of carbonyl (C=O) groups is 5. The second kappa shape index (κ2) is 98.2. The number of hydrogen-bond acceptors (Lipinski definition) is 16. The molecule has 0 aromatic heterocycles. The van der Waals surface area contributed by atoms with E-state index < -0.39 is 104 Å². The van der Waals surface area contributed by atoms with Gasteiger partial charge < -0.3 is 53.2 Å². The molecule has 2 fully saturated rings. The molecule has 2 saturated heterocycles. The zero-order chi connectivity index (χ0) is 110. The molecule has 3 N–H and O–H groups in total. The lowest BCUT2D eigenvalue weighted by Crippen LogP contribution is -2.66. The largest absolute Gasteiger partial charge is 0.459 e. The van der Waals surface area contributed by atoms with E-state index in [-0.39, 0.29) is 41.2 Å². The summed E-state index contributed by atoms with van der Waals surface area (Å²) in [5.41, 5.74) is 1.18. The Labute approximate surface area is 927 Å². The smallest absolute Gasteiger partial charge is 0.333 e. The summed E-state index contributed by atoms with van der Waals surface area (Å²) in [6, 6.07) is 0. The topological polar surface area (TPSA) is 220 Å². The van der Waals surface area contributed by atoms with E-state index in [1.54, 1.807) is 27.7 Å². The summed E-state index contributed by atoms with van der Waals surface area (Å²) in [6.45, 7) is 34.2. The van der Waals surface area contributed by atoms with Crippen LogP contribution < -0.4 is 0 Å². The molecule has 16 heteroatoms. The minimum atomic E-state index is -1.92. The van der Waals surface area contributed by atoms with Gasteiger partial charge in [-0.15, -0.1) is 0 Å². The predicted octanol–water partition coefficient (Wildman–Crippen LogP) is 39.1. The molecule has 0 radical (unpaired) electrons. The Morgan fingerprint density at radius 3 is 0.700 bits per heavy atom. The van der Waals surface area contributed by atoms with Crippen LogP contribution in [-0.2, 0) is 61.9 Å². The number of rotatable bonds is 105. The van der Waals surface area contributed by atoms with Crippen LogP contribution in [0.3, 0.4) is 0 Å². The Morgan fingerprint density at radius 1 is 0.247 bits per heavy atom. The number of aliphatic hydroxyl groups excluding tert-OH is 3. The summed E-state index contributed by atoms with van der Waals surface area (Å²) in [6.07, 6.45) is 93.8. The molecule has 4 unspecified atom stereocenters. The number of carbonyl (C=O) groups excluding carboxylic acids is 5. The fraction of sp³-hybridized carbons (Fsp3) is 0.903. The lowest BCUT2D eigenvalue weighted by Gasteiger charge is -2.47. The molecule has 0 amide bonds. The van der Waals surface area contributed by atoms with E-state index in [0.717, 1.165) is 103 Å². The molecule has 2 aliphatic rings. The third-order valence-corrected chi connectivity index (χ3v) is 32.8. The average molecular weight is 2120 g/mol. The molecule has 2 rings (SSSR count). The van der Waals surface area contributed by atoms with E-state index in [1.807, 2.05) is 24.3 Å². The van der Waals surface area contributed by atoms with Gasteiger partial charge in [0.1, 0.15) is 31.0 Å². The van der Waals surface area contributed by atoms with Gasteiger partial charge in [0.2, 0.25) is 12.6 Å². The Morgan fingerprint density at radius 2 is 0.453 bits per heavy atom. The van der Waals surface area contributed by atoms with Crippen molar-refractivity contribution in [2.75, 3.05) is 13.2 Å². The molecule has 2 heterocycles. The van der Waals surface area contributed by atoms with Crippen LogP contribution in [0, 0.1) is 47.3 Å². The van der Waals surface area contributed by atoms with Crippen LogP contribution in [0.1, 0.15) is 657 Å². The monoisotopic (exact) mass is 2110 g/mol. The highest BCUT2D eigenvalue weighted by Crippen LogP contribution is 2.38. The molecule has 0 saturated carbocycles. The van der Waals surface area contributed by atoms with Crippen molar-refractivity contribution in [3.63, 3.8) is 0 Å². The second-order valence-electron chi connectivity index (χ2n) is 48.9. The van der Waals surface area contributed by atoms with E-state index in [0.29, 0.717) is 41.2 Å². The number of allylic oxidation sites excluding steroid dienone is 4. The molecule has 0 aromatic rings. The third-order valence-electron chi connectivity index (χ3n) is 32.8. The Kier molecular flexibility index (Phi) is 93.1. The van der Waals surface area contributed by atoms with Crippen LogP contribution >= 0.6 is 0 Å². The zero-order valence-corrected chi connectivity index (χ0v) is 102. The molecule has 150 heavy (non-hydrogen) atoms. The first-order chi connectivity index (χ1) is 72.7. The highest BCUT2D eigenvalue weighted by Gasteiger charge is 2.56. The van der Waals surface area contributed by atoms with Gasteiger partial charge in [0.15, 0.2) is 24.4 Å². The summed E-state index contributed by atoms with van der Waals surface area (Å²) >= 11 is 0. The number of unbranched alkanes of at least 4 members (excludes halogenated alkanes) is 70. The first-order valence-corrected chi connectivity index (χ1v) is 65.4. The minimum absolute atomic E-state index is 0.00174. The number of hydrogen-bond donors (Lipinski definition) is 3. The molecule has 18 atom stereocenters. The summed E-state index contributed by atoms with van der Waals surface area (Å²) < 4.78 is 52.3.